The van der Waals surface area contributed by atoms with E-state index >= 15 is 0 Å². The standard InChI is InChI=1S/C26H31N3O3S/c1-15(2)20(22(30)27-14-17-12-10-16(3)11-13-17)28-23(31)21-26(4,5)33-25-19-9-7-6-8-18(19)24(32)29(21)25/h6-13,15,20-21,25H,14H2,1-5H3,(H,27,30)(H,28,31)/t20-,21-,25-/m0/s1. The second-order valence-corrected chi connectivity index (χ2v) is 11.4. The number of benzene rings is 2. The van der Waals surface area contributed by atoms with E-state index in [0.717, 1.165) is 16.7 Å². The molecule has 0 saturated carbocycles. The van der Waals surface area contributed by atoms with Crippen LogP contribution < -0.4 is 10.6 Å². The summed E-state index contributed by atoms with van der Waals surface area (Å²) in [6.07, 6.45) is 0. The van der Waals surface area contributed by atoms with Crippen LogP contribution in [0.2, 0.25) is 0 Å². The molecule has 33 heavy (non-hydrogen) atoms. The third-order valence-electron chi connectivity index (χ3n) is 6.38. The highest BCUT2D eigenvalue weighted by atomic mass is 32.2. The Kier molecular flexibility index (Phi) is 6.27. The van der Waals surface area contributed by atoms with Crippen LogP contribution in [-0.2, 0) is 16.1 Å². The number of fused-ring (bicyclic) bond motifs is 3. The summed E-state index contributed by atoms with van der Waals surface area (Å²) < 4.78 is -0.488. The van der Waals surface area contributed by atoms with Gasteiger partial charge in [-0.05, 0) is 43.9 Å². The fourth-order valence-corrected chi connectivity index (χ4v) is 6.17. The SMILES string of the molecule is Cc1ccc(CNC(=O)[C@@H](NC(=O)[C@@H]2N3C(=O)c4ccccc4[C@@H]3SC2(C)C)C(C)C)cc1. The van der Waals surface area contributed by atoms with Crippen LogP contribution in [0.3, 0.4) is 0 Å². The van der Waals surface area contributed by atoms with Gasteiger partial charge >= 0.3 is 0 Å². The first kappa shape index (κ1) is 23.4. The van der Waals surface area contributed by atoms with Crippen molar-refractivity contribution in [2.45, 2.75) is 63.4 Å². The zero-order valence-electron chi connectivity index (χ0n) is 19.7. The topological polar surface area (TPSA) is 78.5 Å². The Morgan fingerprint density at radius 2 is 1.76 bits per heavy atom. The first-order valence-corrected chi connectivity index (χ1v) is 12.2. The third kappa shape index (κ3) is 4.38. The van der Waals surface area contributed by atoms with Crippen LogP contribution in [0.25, 0.3) is 0 Å². The molecule has 1 saturated heterocycles. The number of thioether (sulfide) groups is 1. The minimum absolute atomic E-state index is 0.105. The first-order chi connectivity index (χ1) is 15.6. The van der Waals surface area contributed by atoms with E-state index in [1.807, 2.05) is 83.1 Å². The molecule has 2 heterocycles. The molecule has 2 aromatic carbocycles. The Labute approximate surface area is 199 Å². The van der Waals surface area contributed by atoms with Gasteiger partial charge in [0.1, 0.15) is 17.5 Å². The lowest BCUT2D eigenvalue weighted by atomic mass is 9.98. The van der Waals surface area contributed by atoms with Crippen molar-refractivity contribution in [1.82, 2.24) is 15.5 Å². The van der Waals surface area contributed by atoms with Crippen LogP contribution in [0, 0.1) is 12.8 Å². The van der Waals surface area contributed by atoms with Gasteiger partial charge in [0.05, 0.1) is 0 Å². The molecule has 0 aliphatic carbocycles. The van der Waals surface area contributed by atoms with Crippen molar-refractivity contribution in [1.29, 1.82) is 0 Å². The lowest BCUT2D eigenvalue weighted by molar-refractivity contribution is -0.132. The monoisotopic (exact) mass is 465 g/mol. The molecule has 2 aromatic rings. The predicted molar refractivity (Wildman–Crippen MR) is 131 cm³/mol. The number of nitrogens with zero attached hydrogens (tertiary/aromatic N) is 1. The minimum atomic E-state index is -0.692. The first-order valence-electron chi connectivity index (χ1n) is 11.3. The maximum absolute atomic E-state index is 13.5. The molecule has 0 bridgehead atoms. The quantitative estimate of drug-likeness (QED) is 0.680. The fourth-order valence-electron chi connectivity index (χ4n) is 4.58. The van der Waals surface area contributed by atoms with Crippen molar-refractivity contribution in [2.24, 2.45) is 5.92 Å². The van der Waals surface area contributed by atoms with Crippen molar-refractivity contribution in [3.63, 3.8) is 0 Å². The zero-order valence-corrected chi connectivity index (χ0v) is 20.5. The number of rotatable bonds is 6. The van der Waals surface area contributed by atoms with E-state index in [0.29, 0.717) is 12.1 Å². The van der Waals surface area contributed by atoms with Crippen LogP contribution in [0.15, 0.2) is 48.5 Å². The van der Waals surface area contributed by atoms with Crippen LogP contribution in [-0.4, -0.2) is 39.5 Å². The van der Waals surface area contributed by atoms with Gasteiger partial charge in [-0.25, -0.2) is 0 Å². The van der Waals surface area contributed by atoms with Crippen molar-refractivity contribution < 1.29 is 14.4 Å². The van der Waals surface area contributed by atoms with E-state index in [1.54, 1.807) is 16.7 Å². The normalized spacial score (nSPS) is 21.5. The van der Waals surface area contributed by atoms with Gasteiger partial charge < -0.3 is 15.5 Å². The number of aryl methyl sites for hydroxylation is 1. The number of amides is 3. The van der Waals surface area contributed by atoms with Gasteiger partial charge in [0.15, 0.2) is 0 Å². The number of nitrogens with one attached hydrogen (secondary N) is 2. The number of hydrogen-bond donors (Lipinski definition) is 2. The van der Waals surface area contributed by atoms with Crippen LogP contribution in [0.4, 0.5) is 0 Å². The van der Waals surface area contributed by atoms with Gasteiger partial charge in [0, 0.05) is 16.9 Å². The van der Waals surface area contributed by atoms with E-state index in [1.165, 1.54) is 0 Å². The Bertz CT molecular complexity index is 1080. The number of carbonyl (C=O) groups is 3. The van der Waals surface area contributed by atoms with E-state index in [4.69, 9.17) is 0 Å². The van der Waals surface area contributed by atoms with Gasteiger partial charge in [-0.2, -0.15) is 0 Å². The Morgan fingerprint density at radius 1 is 1.09 bits per heavy atom. The highest BCUT2D eigenvalue weighted by Gasteiger charge is 2.57. The second-order valence-electron chi connectivity index (χ2n) is 9.71. The summed E-state index contributed by atoms with van der Waals surface area (Å²) in [5.41, 5.74) is 3.76. The molecule has 0 aromatic heterocycles. The average Bonchev–Trinajstić information content (AvgIpc) is 3.20. The summed E-state index contributed by atoms with van der Waals surface area (Å²) >= 11 is 1.62. The molecule has 2 aliphatic rings. The Balaban J connectivity index is 1.49. The highest BCUT2D eigenvalue weighted by molar-refractivity contribution is 8.01. The smallest absolute Gasteiger partial charge is 0.256 e. The van der Waals surface area contributed by atoms with Gasteiger partial charge in [-0.3, -0.25) is 14.4 Å². The van der Waals surface area contributed by atoms with Crippen LogP contribution in [0.1, 0.15) is 60.1 Å². The molecule has 0 radical (unpaired) electrons. The largest absolute Gasteiger partial charge is 0.350 e. The number of hydrogen-bond acceptors (Lipinski definition) is 4. The molecule has 4 rings (SSSR count). The molecule has 1 fully saturated rings. The number of carbonyl (C=O) groups excluding carboxylic acids is 3. The van der Waals surface area contributed by atoms with E-state index in [2.05, 4.69) is 10.6 Å². The molecule has 3 amide bonds. The van der Waals surface area contributed by atoms with E-state index in [9.17, 15) is 14.4 Å². The van der Waals surface area contributed by atoms with E-state index in [-0.39, 0.29) is 29.0 Å². The summed E-state index contributed by atoms with van der Waals surface area (Å²) in [6, 6.07) is 14.1. The molecule has 0 unspecified atom stereocenters. The molecule has 0 spiro atoms. The summed E-state index contributed by atoms with van der Waals surface area (Å²) in [7, 11) is 0. The molecular weight excluding hydrogens is 434 g/mol. The van der Waals surface area contributed by atoms with Gasteiger partial charge in [-0.15, -0.1) is 11.8 Å². The van der Waals surface area contributed by atoms with Crippen LogP contribution in [0.5, 0.6) is 0 Å². The summed E-state index contributed by atoms with van der Waals surface area (Å²) in [6.45, 7) is 10.2. The maximum Gasteiger partial charge on any atom is 0.256 e. The van der Waals surface area contributed by atoms with Crippen molar-refractivity contribution in [3.8, 4) is 0 Å². The Morgan fingerprint density at radius 3 is 2.42 bits per heavy atom. The molecule has 7 heteroatoms. The molecular formula is C26H31N3O3S. The van der Waals surface area contributed by atoms with Crippen molar-refractivity contribution in [3.05, 3.63) is 70.8 Å². The van der Waals surface area contributed by atoms with Gasteiger partial charge in [-0.1, -0.05) is 61.9 Å². The highest BCUT2D eigenvalue weighted by Crippen LogP contribution is 2.56. The predicted octanol–water partition coefficient (Wildman–Crippen LogP) is 3.80. The summed E-state index contributed by atoms with van der Waals surface area (Å²) in [5, 5.41) is 5.72. The summed E-state index contributed by atoms with van der Waals surface area (Å²) in [5.74, 6) is -0.750. The van der Waals surface area contributed by atoms with E-state index < -0.39 is 16.8 Å². The average molecular weight is 466 g/mol. The van der Waals surface area contributed by atoms with Crippen molar-refractivity contribution in [2.75, 3.05) is 0 Å². The minimum Gasteiger partial charge on any atom is -0.350 e. The lowest BCUT2D eigenvalue weighted by Gasteiger charge is -2.32. The molecule has 2 N–H and O–H groups in total. The second kappa shape index (κ2) is 8.86. The lowest BCUT2D eigenvalue weighted by Crippen LogP contribution is -2.58. The summed E-state index contributed by atoms with van der Waals surface area (Å²) in [4.78, 5) is 41.4. The molecule has 3 atom stereocenters. The molecule has 2 aliphatic heterocycles. The Hall–Kier alpha value is -2.80. The molecule has 6 nitrogen and oxygen atoms in total. The van der Waals surface area contributed by atoms with Crippen molar-refractivity contribution >= 4 is 29.5 Å². The zero-order chi connectivity index (χ0) is 23.9. The molecule has 174 valence electrons. The van der Waals surface area contributed by atoms with Crippen LogP contribution >= 0.6 is 11.8 Å². The van der Waals surface area contributed by atoms with Gasteiger partial charge in [0.2, 0.25) is 11.8 Å². The maximum atomic E-state index is 13.5. The van der Waals surface area contributed by atoms with Gasteiger partial charge in [0.25, 0.3) is 5.91 Å². The fraction of sp³-hybridized carbons (Fsp3) is 0.423. The third-order valence-corrected chi connectivity index (χ3v) is 7.91.